The lowest BCUT2D eigenvalue weighted by molar-refractivity contribution is 0.245. The van der Waals surface area contributed by atoms with Crippen LogP contribution < -0.4 is 10.6 Å². The number of nitrogen functional groups attached to an aromatic ring is 1. The van der Waals surface area contributed by atoms with Crippen molar-refractivity contribution in [2.45, 2.75) is 19.4 Å². The maximum Gasteiger partial charge on any atom is 0.0660 e. The summed E-state index contributed by atoms with van der Waals surface area (Å²) in [4.78, 5) is 2.17. The van der Waals surface area contributed by atoms with Crippen LogP contribution in [-0.2, 0) is 0 Å². The van der Waals surface area contributed by atoms with Crippen molar-refractivity contribution in [2.75, 3.05) is 23.8 Å². The monoisotopic (exact) mass is 240 g/mol. The first-order valence-electron chi connectivity index (χ1n) is 5.56. The summed E-state index contributed by atoms with van der Waals surface area (Å²) in [6, 6.07) is 5.70. The van der Waals surface area contributed by atoms with Gasteiger partial charge in [-0.1, -0.05) is 18.5 Å². The molecule has 1 saturated heterocycles. The first-order chi connectivity index (χ1) is 7.63. The summed E-state index contributed by atoms with van der Waals surface area (Å²) in [5.74, 6) is 0.499. The lowest BCUT2D eigenvalue weighted by Crippen LogP contribution is -2.35. The average Bonchev–Trinajstić information content (AvgIpc) is 2.59. The van der Waals surface area contributed by atoms with E-state index in [0.717, 1.165) is 18.7 Å². The largest absolute Gasteiger partial charge is 0.399 e. The van der Waals surface area contributed by atoms with Crippen LogP contribution in [0.2, 0.25) is 5.02 Å². The maximum atomic E-state index is 9.40. The Kier molecular flexibility index (Phi) is 3.26. The van der Waals surface area contributed by atoms with E-state index in [4.69, 9.17) is 17.3 Å². The molecule has 88 valence electrons. The van der Waals surface area contributed by atoms with Crippen molar-refractivity contribution in [1.82, 2.24) is 0 Å². The Hall–Kier alpha value is -0.930. The van der Waals surface area contributed by atoms with Crippen LogP contribution in [0.4, 0.5) is 11.4 Å². The maximum absolute atomic E-state index is 9.40. The van der Waals surface area contributed by atoms with Gasteiger partial charge in [0.15, 0.2) is 0 Å². The molecule has 0 aromatic heterocycles. The predicted octanol–water partition coefficient (Wildman–Crippen LogP) is 2.13. The molecule has 0 spiro atoms. The van der Waals surface area contributed by atoms with Crippen molar-refractivity contribution < 1.29 is 5.11 Å². The topological polar surface area (TPSA) is 49.5 Å². The second-order valence-corrected chi connectivity index (χ2v) is 4.83. The van der Waals surface area contributed by atoms with Crippen LogP contribution in [0.3, 0.4) is 0 Å². The van der Waals surface area contributed by atoms with Gasteiger partial charge in [-0.15, -0.1) is 0 Å². The molecule has 3 N–H and O–H groups in total. The molecule has 2 unspecified atom stereocenters. The summed E-state index contributed by atoms with van der Waals surface area (Å²) in [5.41, 5.74) is 7.31. The van der Waals surface area contributed by atoms with E-state index >= 15 is 0 Å². The van der Waals surface area contributed by atoms with Crippen LogP contribution in [-0.4, -0.2) is 24.3 Å². The van der Waals surface area contributed by atoms with Crippen molar-refractivity contribution in [3.8, 4) is 0 Å². The van der Waals surface area contributed by atoms with Crippen LogP contribution in [0, 0.1) is 5.92 Å². The second-order valence-electron chi connectivity index (χ2n) is 4.42. The third-order valence-corrected chi connectivity index (χ3v) is 3.65. The summed E-state index contributed by atoms with van der Waals surface area (Å²) >= 11 is 6.18. The van der Waals surface area contributed by atoms with Gasteiger partial charge in [0.2, 0.25) is 0 Å². The SMILES string of the molecule is CC1CCN(c2ccc(N)cc2Cl)C1CO. The number of nitrogens with two attached hydrogens (primary N) is 1. The Morgan fingerprint density at radius 2 is 2.31 bits per heavy atom. The number of hydrogen-bond donors (Lipinski definition) is 2. The molecule has 4 heteroatoms. The number of rotatable bonds is 2. The number of aliphatic hydroxyl groups excluding tert-OH is 1. The van der Waals surface area contributed by atoms with E-state index in [2.05, 4.69) is 11.8 Å². The van der Waals surface area contributed by atoms with E-state index in [1.807, 2.05) is 12.1 Å². The molecule has 0 bridgehead atoms. The molecule has 1 heterocycles. The summed E-state index contributed by atoms with van der Waals surface area (Å²) in [6.45, 7) is 3.27. The summed E-state index contributed by atoms with van der Waals surface area (Å²) < 4.78 is 0. The lowest BCUT2D eigenvalue weighted by Gasteiger charge is -2.28. The molecular formula is C12H17ClN2O. The van der Waals surface area contributed by atoms with Gasteiger partial charge in [0.05, 0.1) is 23.4 Å². The van der Waals surface area contributed by atoms with Gasteiger partial charge in [-0.25, -0.2) is 0 Å². The highest BCUT2D eigenvalue weighted by Crippen LogP contribution is 2.35. The second kappa shape index (κ2) is 4.52. The van der Waals surface area contributed by atoms with Crippen LogP contribution in [0.5, 0.6) is 0 Å². The van der Waals surface area contributed by atoms with Crippen molar-refractivity contribution in [3.63, 3.8) is 0 Å². The van der Waals surface area contributed by atoms with Gasteiger partial charge in [0.25, 0.3) is 0 Å². The van der Waals surface area contributed by atoms with E-state index < -0.39 is 0 Å². The van der Waals surface area contributed by atoms with E-state index in [-0.39, 0.29) is 12.6 Å². The average molecular weight is 241 g/mol. The minimum atomic E-state index is 0.168. The van der Waals surface area contributed by atoms with Gasteiger partial charge >= 0.3 is 0 Å². The molecule has 1 fully saturated rings. The normalized spacial score (nSPS) is 25.1. The molecule has 1 aliphatic rings. The van der Waals surface area contributed by atoms with Crippen LogP contribution >= 0.6 is 11.6 Å². The Morgan fingerprint density at radius 3 is 2.94 bits per heavy atom. The van der Waals surface area contributed by atoms with Gasteiger partial charge in [-0.05, 0) is 30.5 Å². The Labute approximate surface area is 101 Å². The molecule has 1 aromatic carbocycles. The van der Waals surface area contributed by atoms with Gasteiger partial charge in [-0.2, -0.15) is 0 Å². The van der Waals surface area contributed by atoms with E-state index in [0.29, 0.717) is 16.6 Å². The van der Waals surface area contributed by atoms with Crippen molar-refractivity contribution in [1.29, 1.82) is 0 Å². The quantitative estimate of drug-likeness (QED) is 0.779. The van der Waals surface area contributed by atoms with Crippen LogP contribution in [0.15, 0.2) is 18.2 Å². The zero-order valence-electron chi connectivity index (χ0n) is 9.36. The molecule has 2 atom stereocenters. The van der Waals surface area contributed by atoms with E-state index in [9.17, 15) is 5.11 Å². The van der Waals surface area contributed by atoms with E-state index in [1.54, 1.807) is 6.07 Å². The van der Waals surface area contributed by atoms with Crippen LogP contribution in [0.1, 0.15) is 13.3 Å². The fourth-order valence-electron chi connectivity index (χ4n) is 2.34. The first-order valence-corrected chi connectivity index (χ1v) is 5.94. The fourth-order valence-corrected chi connectivity index (χ4v) is 2.64. The number of halogens is 1. The molecule has 2 rings (SSSR count). The zero-order chi connectivity index (χ0) is 11.7. The molecule has 3 nitrogen and oxygen atoms in total. The zero-order valence-corrected chi connectivity index (χ0v) is 10.1. The number of anilines is 2. The van der Waals surface area contributed by atoms with Crippen LogP contribution in [0.25, 0.3) is 0 Å². The predicted molar refractivity (Wildman–Crippen MR) is 67.9 cm³/mol. The smallest absolute Gasteiger partial charge is 0.0660 e. The minimum Gasteiger partial charge on any atom is -0.399 e. The van der Waals surface area contributed by atoms with Crippen molar-refractivity contribution in [3.05, 3.63) is 23.2 Å². The molecule has 1 aliphatic heterocycles. The number of nitrogens with zero attached hydrogens (tertiary/aromatic N) is 1. The summed E-state index contributed by atoms with van der Waals surface area (Å²) in [7, 11) is 0. The van der Waals surface area contributed by atoms with Crippen molar-refractivity contribution >= 4 is 23.0 Å². The van der Waals surface area contributed by atoms with Gasteiger partial charge in [-0.3, -0.25) is 0 Å². The Balaban J connectivity index is 2.30. The molecule has 0 saturated carbocycles. The number of hydrogen-bond acceptors (Lipinski definition) is 3. The van der Waals surface area contributed by atoms with Gasteiger partial charge in [0.1, 0.15) is 0 Å². The molecule has 1 aromatic rings. The van der Waals surface area contributed by atoms with Crippen molar-refractivity contribution in [2.24, 2.45) is 5.92 Å². The summed E-state index contributed by atoms with van der Waals surface area (Å²) in [5, 5.41) is 10.1. The minimum absolute atomic E-state index is 0.168. The highest BCUT2D eigenvalue weighted by molar-refractivity contribution is 6.33. The van der Waals surface area contributed by atoms with E-state index in [1.165, 1.54) is 0 Å². The highest BCUT2D eigenvalue weighted by atomic mass is 35.5. The molecule has 0 amide bonds. The van der Waals surface area contributed by atoms with Gasteiger partial charge < -0.3 is 15.7 Å². The first kappa shape index (κ1) is 11.6. The molecule has 0 radical (unpaired) electrons. The Bertz CT molecular complexity index is 383. The highest BCUT2D eigenvalue weighted by Gasteiger charge is 2.31. The summed E-state index contributed by atoms with van der Waals surface area (Å²) in [6.07, 6.45) is 1.09. The Morgan fingerprint density at radius 1 is 1.56 bits per heavy atom. The standard InChI is InChI=1S/C12H17ClN2O/c1-8-4-5-15(12(8)7-16)11-3-2-9(14)6-10(11)13/h2-3,6,8,12,16H,4-5,7,14H2,1H3. The molecular weight excluding hydrogens is 224 g/mol. The third-order valence-electron chi connectivity index (χ3n) is 3.35. The fraction of sp³-hybridized carbons (Fsp3) is 0.500. The third kappa shape index (κ3) is 1.97. The molecule has 0 aliphatic carbocycles. The van der Waals surface area contributed by atoms with Gasteiger partial charge in [0, 0.05) is 12.2 Å². The number of aliphatic hydroxyl groups is 1. The lowest BCUT2D eigenvalue weighted by atomic mass is 10.0. The number of benzene rings is 1. The molecule has 16 heavy (non-hydrogen) atoms.